The van der Waals surface area contributed by atoms with Gasteiger partial charge in [0.1, 0.15) is 6.04 Å². The summed E-state index contributed by atoms with van der Waals surface area (Å²) < 4.78 is -1.11. The molecule has 3 heterocycles. The van der Waals surface area contributed by atoms with Crippen molar-refractivity contribution in [1.29, 1.82) is 0 Å². The van der Waals surface area contributed by atoms with Crippen LogP contribution < -0.4 is 10.6 Å². The van der Waals surface area contributed by atoms with Gasteiger partial charge in [0.2, 0.25) is 17.7 Å². The van der Waals surface area contributed by atoms with Gasteiger partial charge < -0.3 is 20.6 Å². The van der Waals surface area contributed by atoms with Crippen LogP contribution in [0.5, 0.6) is 0 Å². The van der Waals surface area contributed by atoms with Crippen molar-refractivity contribution < 1.29 is 19.5 Å². The van der Waals surface area contributed by atoms with E-state index in [2.05, 4.69) is 17.6 Å². The number of likely N-dealkylation sites (tertiary alicyclic amines) is 1. The number of carbonyl (C=O) groups is 3. The summed E-state index contributed by atoms with van der Waals surface area (Å²) in [6, 6.07) is 15.7. The highest BCUT2D eigenvalue weighted by atomic mass is 35.5. The number of fused-ring (bicyclic) bond motifs is 1. The smallest absolute Gasteiger partial charge is 0.248 e. The summed E-state index contributed by atoms with van der Waals surface area (Å²) in [4.78, 5) is 43.5. The molecule has 9 heteroatoms. The molecule has 2 aromatic rings. The maximum atomic E-state index is 14.1. The molecule has 0 radical (unpaired) electrons. The molecule has 202 valence electrons. The van der Waals surface area contributed by atoms with Crippen molar-refractivity contribution in [1.82, 2.24) is 4.90 Å². The average molecular weight is 556 g/mol. The Balaban J connectivity index is 1.46. The van der Waals surface area contributed by atoms with E-state index in [0.29, 0.717) is 35.8 Å². The molecule has 0 saturated carbocycles. The zero-order valence-corrected chi connectivity index (χ0v) is 23.1. The lowest BCUT2D eigenvalue weighted by molar-refractivity contribution is -0.139. The van der Waals surface area contributed by atoms with Crippen LogP contribution >= 0.6 is 23.4 Å². The van der Waals surface area contributed by atoms with E-state index < -0.39 is 27.4 Å². The first-order chi connectivity index (χ1) is 18.3. The summed E-state index contributed by atoms with van der Waals surface area (Å²) >= 11 is 8.00. The quantitative estimate of drug-likeness (QED) is 0.360. The van der Waals surface area contributed by atoms with Gasteiger partial charge >= 0.3 is 0 Å². The summed E-state index contributed by atoms with van der Waals surface area (Å²) in [7, 11) is 0. The predicted octanol–water partition coefficient (Wildman–Crippen LogP) is 4.95. The number of anilines is 2. The molecule has 5 rings (SSSR count). The molecule has 3 fully saturated rings. The van der Waals surface area contributed by atoms with Gasteiger partial charge in [-0.2, -0.15) is 0 Å². The lowest BCUT2D eigenvalue weighted by Gasteiger charge is -2.35. The fourth-order valence-corrected chi connectivity index (χ4v) is 9.16. The van der Waals surface area contributed by atoms with Gasteiger partial charge in [0.15, 0.2) is 0 Å². The number of unbranched alkanes of at least 4 members (excludes halogenated alkanes) is 3. The normalized spacial score (nSPS) is 29.4. The van der Waals surface area contributed by atoms with Crippen LogP contribution in [0.15, 0.2) is 54.6 Å². The van der Waals surface area contributed by atoms with E-state index in [-0.39, 0.29) is 24.3 Å². The minimum Gasteiger partial charge on any atom is -0.396 e. The molecule has 0 aromatic heterocycles. The standard InChI is InChI=1S/C29H34ClN3O4S/c1-28-15-16-29(38-28)23(22(28)25(35)31-19-11-5-4-6-12-19)27(37)33(17-9-2-3-10-18-34)24(29)26(36)32-21-14-8-7-13-20(21)30/h4-8,11-14,22-24,34H,2-3,9-10,15-18H2,1H3,(H,31,35)(H,32,36)/t22-,23+,24?,28+,29?/m1/s1. The largest absolute Gasteiger partial charge is 0.396 e. The minimum absolute atomic E-state index is 0.115. The van der Waals surface area contributed by atoms with Gasteiger partial charge in [0.05, 0.1) is 27.3 Å². The number of aliphatic hydroxyl groups is 1. The van der Waals surface area contributed by atoms with Gasteiger partial charge in [0.25, 0.3) is 0 Å². The van der Waals surface area contributed by atoms with Gasteiger partial charge in [-0.25, -0.2) is 0 Å². The van der Waals surface area contributed by atoms with Crippen molar-refractivity contribution in [3.05, 3.63) is 59.6 Å². The highest BCUT2D eigenvalue weighted by molar-refractivity contribution is 8.02. The number of carbonyl (C=O) groups excluding carboxylic acids is 3. The molecule has 3 aliphatic heterocycles. The molecule has 3 aliphatic rings. The second kappa shape index (κ2) is 10.9. The molecular formula is C29H34ClN3O4S. The Hall–Kier alpha value is -2.55. The Morgan fingerprint density at radius 3 is 2.45 bits per heavy atom. The highest BCUT2D eigenvalue weighted by Gasteiger charge is 2.77. The minimum atomic E-state index is -0.699. The molecule has 1 spiro atoms. The Bertz CT molecular complexity index is 1210. The lowest BCUT2D eigenvalue weighted by Crippen LogP contribution is -2.51. The lowest BCUT2D eigenvalue weighted by atomic mass is 9.66. The summed E-state index contributed by atoms with van der Waals surface area (Å²) in [5.41, 5.74) is 1.21. The van der Waals surface area contributed by atoms with Crippen LogP contribution in [0.1, 0.15) is 45.4 Å². The fraction of sp³-hybridized carbons (Fsp3) is 0.483. The molecule has 7 nitrogen and oxygen atoms in total. The van der Waals surface area contributed by atoms with E-state index in [9.17, 15) is 14.4 Å². The highest BCUT2D eigenvalue weighted by Crippen LogP contribution is 2.71. The number of para-hydroxylation sites is 2. The van der Waals surface area contributed by atoms with Crippen molar-refractivity contribution in [2.24, 2.45) is 11.8 Å². The second-order valence-electron chi connectivity index (χ2n) is 10.7. The third kappa shape index (κ3) is 4.71. The second-order valence-corrected chi connectivity index (χ2v) is 13.0. The molecular weight excluding hydrogens is 522 g/mol. The molecule has 2 aromatic carbocycles. The number of nitrogens with one attached hydrogen (secondary N) is 2. The molecule has 0 aliphatic carbocycles. The molecule has 2 bridgehead atoms. The van der Waals surface area contributed by atoms with Crippen LogP contribution in [0, 0.1) is 11.8 Å². The van der Waals surface area contributed by atoms with Gasteiger partial charge in [-0.15, -0.1) is 11.8 Å². The summed E-state index contributed by atoms with van der Waals surface area (Å²) in [5, 5.41) is 15.6. The van der Waals surface area contributed by atoms with E-state index in [1.165, 1.54) is 0 Å². The molecule has 2 unspecified atom stereocenters. The van der Waals surface area contributed by atoms with Crippen LogP contribution in [0.3, 0.4) is 0 Å². The first kappa shape index (κ1) is 27.0. The maximum Gasteiger partial charge on any atom is 0.248 e. The number of nitrogens with zero attached hydrogens (tertiary/aromatic N) is 1. The van der Waals surface area contributed by atoms with Crippen LogP contribution in [-0.4, -0.2) is 56.4 Å². The van der Waals surface area contributed by atoms with E-state index in [4.69, 9.17) is 16.7 Å². The van der Waals surface area contributed by atoms with Crippen LogP contribution in [0.25, 0.3) is 0 Å². The number of aliphatic hydroxyl groups excluding tert-OH is 1. The zero-order valence-electron chi connectivity index (χ0n) is 21.5. The zero-order chi connectivity index (χ0) is 26.9. The maximum absolute atomic E-state index is 14.1. The molecule has 3 saturated heterocycles. The number of thioether (sulfide) groups is 1. The fourth-order valence-electron chi connectivity index (χ4n) is 6.62. The number of amides is 3. The number of rotatable bonds is 10. The number of halogens is 1. The van der Waals surface area contributed by atoms with Crippen LogP contribution in [0.2, 0.25) is 5.02 Å². The van der Waals surface area contributed by atoms with E-state index in [1.54, 1.807) is 34.9 Å². The molecule has 5 atom stereocenters. The topological polar surface area (TPSA) is 98.7 Å². The summed E-state index contributed by atoms with van der Waals surface area (Å²) in [6.45, 7) is 2.65. The van der Waals surface area contributed by atoms with E-state index >= 15 is 0 Å². The third-order valence-electron chi connectivity index (χ3n) is 8.29. The number of benzene rings is 2. The number of hydrogen-bond acceptors (Lipinski definition) is 5. The average Bonchev–Trinajstić information content (AvgIpc) is 3.46. The summed E-state index contributed by atoms with van der Waals surface area (Å²) in [6.07, 6.45) is 4.61. The van der Waals surface area contributed by atoms with Gasteiger partial charge in [0, 0.05) is 23.6 Å². The molecule has 38 heavy (non-hydrogen) atoms. The van der Waals surface area contributed by atoms with Crippen molar-refractivity contribution in [3.8, 4) is 0 Å². The van der Waals surface area contributed by atoms with Gasteiger partial charge in [-0.05, 0) is 56.9 Å². The van der Waals surface area contributed by atoms with Crippen LogP contribution in [-0.2, 0) is 14.4 Å². The molecule has 3 amide bonds. The Morgan fingerprint density at radius 2 is 1.71 bits per heavy atom. The first-order valence-corrected chi connectivity index (χ1v) is 14.5. The summed E-state index contributed by atoms with van der Waals surface area (Å²) in [5.74, 6) is -1.65. The first-order valence-electron chi connectivity index (χ1n) is 13.3. The Morgan fingerprint density at radius 1 is 1.00 bits per heavy atom. The van der Waals surface area contributed by atoms with Crippen molar-refractivity contribution in [3.63, 3.8) is 0 Å². The Kier molecular flexibility index (Phi) is 7.76. The monoisotopic (exact) mass is 555 g/mol. The van der Waals surface area contributed by atoms with E-state index in [0.717, 1.165) is 25.7 Å². The molecule has 3 N–H and O–H groups in total. The van der Waals surface area contributed by atoms with Crippen molar-refractivity contribution in [2.75, 3.05) is 23.8 Å². The SMILES string of the molecule is C[C@@]12CCC3(S1)C(C(=O)Nc1ccccc1Cl)N(CCCCCCO)C(=O)[C@@H]3[C@@H]2C(=O)Nc1ccccc1. The Labute approximate surface area is 232 Å². The van der Waals surface area contributed by atoms with E-state index in [1.807, 2.05) is 36.4 Å². The number of hydrogen-bond donors (Lipinski definition) is 3. The van der Waals surface area contributed by atoms with Crippen molar-refractivity contribution in [2.45, 2.75) is 61.0 Å². The predicted molar refractivity (Wildman–Crippen MR) is 151 cm³/mol. The van der Waals surface area contributed by atoms with Gasteiger partial charge in [-0.3, -0.25) is 14.4 Å². The third-order valence-corrected chi connectivity index (χ3v) is 10.6. The van der Waals surface area contributed by atoms with Crippen LogP contribution in [0.4, 0.5) is 11.4 Å². The van der Waals surface area contributed by atoms with Gasteiger partial charge in [-0.1, -0.05) is 54.8 Å². The van der Waals surface area contributed by atoms with Crippen molar-refractivity contribution >= 4 is 52.5 Å².